The highest BCUT2D eigenvalue weighted by molar-refractivity contribution is 9.10. The van der Waals surface area contributed by atoms with E-state index in [-0.39, 0.29) is 0 Å². The summed E-state index contributed by atoms with van der Waals surface area (Å²) in [5.41, 5.74) is 0. The van der Waals surface area contributed by atoms with Crippen molar-refractivity contribution in [2.45, 2.75) is 50.0 Å². The molecule has 0 atom stereocenters. The molecule has 0 unspecified atom stereocenters. The molecule has 0 aliphatic carbocycles. The summed E-state index contributed by atoms with van der Waals surface area (Å²) in [6.45, 7) is 0. The fourth-order valence-corrected chi connectivity index (χ4v) is 3.60. The molecule has 1 aromatic heterocycles. The Bertz CT molecular complexity index is 320. The van der Waals surface area contributed by atoms with E-state index in [1.165, 1.54) is 50.7 Å². The van der Waals surface area contributed by atoms with E-state index in [0.717, 1.165) is 14.8 Å². The highest BCUT2D eigenvalue weighted by atomic mass is 79.9. The van der Waals surface area contributed by atoms with Crippen molar-refractivity contribution >= 4 is 43.6 Å². The van der Waals surface area contributed by atoms with Crippen LogP contribution in [0.5, 0.6) is 0 Å². The third kappa shape index (κ3) is 7.80. The first-order chi connectivity index (χ1) is 8.84. The van der Waals surface area contributed by atoms with Crippen LogP contribution in [0.1, 0.15) is 44.9 Å². The van der Waals surface area contributed by atoms with Crippen molar-refractivity contribution in [2.75, 3.05) is 11.1 Å². The molecule has 1 nitrogen and oxygen atoms in total. The van der Waals surface area contributed by atoms with E-state index >= 15 is 0 Å². The van der Waals surface area contributed by atoms with Crippen LogP contribution in [-0.4, -0.2) is 16.1 Å². The van der Waals surface area contributed by atoms with Crippen LogP contribution in [0.15, 0.2) is 27.8 Å². The summed E-state index contributed by atoms with van der Waals surface area (Å²) in [4.78, 5) is 4.36. The number of aromatic nitrogens is 1. The maximum atomic E-state index is 4.36. The lowest BCUT2D eigenvalue weighted by Gasteiger charge is -2.03. The summed E-state index contributed by atoms with van der Waals surface area (Å²) >= 11 is 8.85. The van der Waals surface area contributed by atoms with Crippen LogP contribution in [-0.2, 0) is 0 Å². The summed E-state index contributed by atoms with van der Waals surface area (Å²) in [6.07, 6.45) is 11.4. The average Bonchev–Trinajstić information content (AvgIpc) is 2.39. The molecule has 1 heterocycles. The molecule has 1 aromatic rings. The molecule has 0 fully saturated rings. The number of thioether (sulfide) groups is 1. The fourth-order valence-electron chi connectivity index (χ4n) is 1.73. The van der Waals surface area contributed by atoms with Crippen LogP contribution >= 0.6 is 43.6 Å². The maximum absolute atomic E-state index is 4.36. The molecule has 0 bridgehead atoms. The zero-order valence-electron chi connectivity index (χ0n) is 10.7. The van der Waals surface area contributed by atoms with Gasteiger partial charge in [0.2, 0.25) is 0 Å². The quantitative estimate of drug-likeness (QED) is 0.271. The minimum absolute atomic E-state index is 1.12. The Balaban J connectivity index is 1.94. The standard InChI is InChI=1S/C14H21Br2NS/c15-10-6-4-2-1-3-5-7-12-18-14-13(16)9-8-11-17-14/h8-9,11H,1-7,10,12H2. The van der Waals surface area contributed by atoms with Crippen LogP contribution in [0.2, 0.25) is 0 Å². The molecule has 0 spiro atoms. The molecule has 0 amide bonds. The van der Waals surface area contributed by atoms with E-state index in [2.05, 4.69) is 42.9 Å². The van der Waals surface area contributed by atoms with Crippen LogP contribution in [0.25, 0.3) is 0 Å². The minimum Gasteiger partial charge on any atom is -0.249 e. The summed E-state index contributed by atoms with van der Waals surface area (Å²) in [7, 11) is 0. The van der Waals surface area contributed by atoms with Gasteiger partial charge in [-0.3, -0.25) is 0 Å². The second-order valence-corrected chi connectivity index (χ2v) is 7.03. The Kier molecular flexibility index (Phi) is 10.4. The van der Waals surface area contributed by atoms with Gasteiger partial charge in [0.15, 0.2) is 0 Å². The van der Waals surface area contributed by atoms with E-state index in [4.69, 9.17) is 0 Å². The molecule has 0 aliphatic heterocycles. The Morgan fingerprint density at radius 1 is 1.00 bits per heavy atom. The normalized spacial score (nSPS) is 10.8. The van der Waals surface area contributed by atoms with Gasteiger partial charge in [0.05, 0.1) is 0 Å². The molecule has 18 heavy (non-hydrogen) atoms. The van der Waals surface area contributed by atoms with Gasteiger partial charge in [0.1, 0.15) is 5.03 Å². The van der Waals surface area contributed by atoms with Gasteiger partial charge in [-0.05, 0) is 46.7 Å². The highest BCUT2D eigenvalue weighted by Crippen LogP contribution is 2.25. The molecular formula is C14H21Br2NS. The Morgan fingerprint density at radius 2 is 1.67 bits per heavy atom. The van der Waals surface area contributed by atoms with E-state index < -0.39 is 0 Å². The SMILES string of the molecule is BrCCCCCCCCCSc1ncccc1Br. The first kappa shape index (κ1) is 16.5. The molecule has 0 saturated carbocycles. The molecule has 0 aliphatic rings. The molecule has 4 heteroatoms. The topological polar surface area (TPSA) is 12.9 Å². The van der Waals surface area contributed by atoms with Crippen molar-refractivity contribution < 1.29 is 0 Å². The number of rotatable bonds is 10. The summed E-state index contributed by atoms with van der Waals surface area (Å²) in [5, 5.41) is 2.28. The van der Waals surface area contributed by atoms with Crippen LogP contribution in [0, 0.1) is 0 Å². The molecule has 0 radical (unpaired) electrons. The zero-order valence-corrected chi connectivity index (χ0v) is 14.7. The predicted molar refractivity (Wildman–Crippen MR) is 88.8 cm³/mol. The highest BCUT2D eigenvalue weighted by Gasteiger charge is 2.00. The first-order valence-corrected chi connectivity index (χ1v) is 9.54. The van der Waals surface area contributed by atoms with Crippen LogP contribution in [0.3, 0.4) is 0 Å². The van der Waals surface area contributed by atoms with Gasteiger partial charge in [-0.2, -0.15) is 0 Å². The smallest absolute Gasteiger partial charge is 0.110 e. The largest absolute Gasteiger partial charge is 0.249 e. The fraction of sp³-hybridized carbons (Fsp3) is 0.643. The molecule has 0 N–H and O–H groups in total. The third-order valence-electron chi connectivity index (χ3n) is 2.74. The minimum atomic E-state index is 1.12. The first-order valence-electron chi connectivity index (χ1n) is 6.64. The monoisotopic (exact) mass is 393 g/mol. The third-order valence-corrected chi connectivity index (χ3v) is 5.30. The summed E-state index contributed by atoms with van der Waals surface area (Å²) in [5.74, 6) is 1.18. The number of nitrogens with zero attached hydrogens (tertiary/aromatic N) is 1. The van der Waals surface area contributed by atoms with Crippen molar-refractivity contribution in [2.24, 2.45) is 0 Å². The molecular weight excluding hydrogens is 374 g/mol. The van der Waals surface area contributed by atoms with Gasteiger partial charge in [-0.1, -0.05) is 48.0 Å². The van der Waals surface area contributed by atoms with Gasteiger partial charge < -0.3 is 0 Å². The van der Waals surface area contributed by atoms with E-state index in [9.17, 15) is 0 Å². The van der Waals surface area contributed by atoms with Crippen LogP contribution in [0.4, 0.5) is 0 Å². The lowest BCUT2D eigenvalue weighted by Crippen LogP contribution is -1.86. The van der Waals surface area contributed by atoms with Crippen molar-refractivity contribution in [3.8, 4) is 0 Å². The van der Waals surface area contributed by atoms with Crippen molar-refractivity contribution in [1.29, 1.82) is 0 Å². The van der Waals surface area contributed by atoms with Crippen molar-refractivity contribution in [3.05, 3.63) is 22.8 Å². The lowest BCUT2D eigenvalue weighted by atomic mass is 10.1. The zero-order chi connectivity index (χ0) is 13.1. The van der Waals surface area contributed by atoms with Gasteiger partial charge in [0.25, 0.3) is 0 Å². The van der Waals surface area contributed by atoms with Crippen LogP contribution < -0.4 is 0 Å². The summed E-state index contributed by atoms with van der Waals surface area (Å²) in [6, 6.07) is 4.01. The van der Waals surface area contributed by atoms with E-state index in [1.807, 2.05) is 24.0 Å². The Hall–Kier alpha value is 0.460. The van der Waals surface area contributed by atoms with E-state index in [0.29, 0.717) is 0 Å². The van der Waals surface area contributed by atoms with Gasteiger partial charge in [0, 0.05) is 16.0 Å². The number of alkyl halides is 1. The second kappa shape index (κ2) is 11.3. The summed E-state index contributed by atoms with van der Waals surface area (Å²) < 4.78 is 1.12. The van der Waals surface area contributed by atoms with Gasteiger partial charge >= 0.3 is 0 Å². The van der Waals surface area contributed by atoms with Gasteiger partial charge in [-0.25, -0.2) is 4.98 Å². The lowest BCUT2D eigenvalue weighted by molar-refractivity contribution is 0.606. The van der Waals surface area contributed by atoms with Crippen molar-refractivity contribution in [3.63, 3.8) is 0 Å². The van der Waals surface area contributed by atoms with Crippen molar-refractivity contribution in [1.82, 2.24) is 4.98 Å². The molecule has 0 saturated heterocycles. The second-order valence-electron chi connectivity index (χ2n) is 4.30. The Labute approximate surface area is 132 Å². The maximum Gasteiger partial charge on any atom is 0.110 e. The average molecular weight is 395 g/mol. The molecule has 102 valence electrons. The van der Waals surface area contributed by atoms with Gasteiger partial charge in [-0.15, -0.1) is 11.8 Å². The number of unbranched alkanes of at least 4 members (excludes halogenated alkanes) is 6. The molecule has 0 aromatic carbocycles. The number of halogens is 2. The van der Waals surface area contributed by atoms with E-state index in [1.54, 1.807) is 0 Å². The predicted octanol–water partition coefficient (Wildman–Crippen LogP) is 6.06. The number of hydrogen-bond acceptors (Lipinski definition) is 2. The Morgan fingerprint density at radius 3 is 2.33 bits per heavy atom. The number of hydrogen-bond donors (Lipinski definition) is 0. The number of pyridine rings is 1. The molecule has 1 rings (SSSR count).